The van der Waals surface area contributed by atoms with Gasteiger partial charge in [-0.1, -0.05) is 24.3 Å². The van der Waals surface area contributed by atoms with Crippen LogP contribution >= 0.6 is 0 Å². The second kappa shape index (κ2) is 8.92. The van der Waals surface area contributed by atoms with Crippen molar-refractivity contribution < 1.29 is 14.3 Å². The second-order valence-electron chi connectivity index (χ2n) is 11.0. The monoisotopic (exact) mass is 438 g/mol. The van der Waals surface area contributed by atoms with Gasteiger partial charge in [-0.15, -0.1) is 0 Å². The zero-order chi connectivity index (χ0) is 23.0. The number of fused-ring (bicyclic) bond motifs is 2. The first-order valence-corrected chi connectivity index (χ1v) is 12.2. The SMILES string of the molecule is C[C@@H]1CC2=C(Cc3ccccc32)CN1C(=O)C1CCC(CN(C)C(=O)OC(C)(C)C)CC1. The van der Waals surface area contributed by atoms with Crippen LogP contribution in [-0.4, -0.2) is 53.6 Å². The third-order valence-electron chi connectivity index (χ3n) is 7.28. The predicted molar refractivity (Wildman–Crippen MR) is 127 cm³/mol. The number of nitrogens with zero attached hydrogens (tertiary/aromatic N) is 2. The van der Waals surface area contributed by atoms with Crippen molar-refractivity contribution in [1.82, 2.24) is 9.80 Å². The van der Waals surface area contributed by atoms with Crippen molar-refractivity contribution in [2.75, 3.05) is 20.1 Å². The maximum Gasteiger partial charge on any atom is 0.410 e. The third-order valence-corrected chi connectivity index (χ3v) is 7.28. The summed E-state index contributed by atoms with van der Waals surface area (Å²) in [7, 11) is 1.81. The molecular weight excluding hydrogens is 400 g/mol. The Bertz CT molecular complexity index is 906. The Hall–Kier alpha value is -2.30. The lowest BCUT2D eigenvalue weighted by Gasteiger charge is -2.39. The van der Waals surface area contributed by atoms with Gasteiger partial charge >= 0.3 is 6.09 Å². The van der Waals surface area contributed by atoms with Crippen LogP contribution in [0.1, 0.15) is 70.9 Å². The van der Waals surface area contributed by atoms with E-state index in [4.69, 9.17) is 4.74 Å². The average Bonchev–Trinajstić information content (AvgIpc) is 3.09. The topological polar surface area (TPSA) is 49.9 Å². The van der Waals surface area contributed by atoms with Crippen LogP contribution in [0.4, 0.5) is 4.79 Å². The fraction of sp³-hybridized carbons (Fsp3) is 0.630. The van der Waals surface area contributed by atoms with Crippen LogP contribution in [0.2, 0.25) is 0 Å². The van der Waals surface area contributed by atoms with Crippen molar-refractivity contribution in [3.63, 3.8) is 0 Å². The lowest BCUT2D eigenvalue weighted by molar-refractivity contribution is -0.138. The highest BCUT2D eigenvalue weighted by Crippen LogP contribution is 2.41. The quantitative estimate of drug-likeness (QED) is 0.644. The minimum atomic E-state index is -0.476. The molecule has 0 N–H and O–H groups in total. The van der Waals surface area contributed by atoms with Gasteiger partial charge in [-0.2, -0.15) is 0 Å². The summed E-state index contributed by atoms with van der Waals surface area (Å²) in [6, 6.07) is 8.94. The van der Waals surface area contributed by atoms with Gasteiger partial charge in [0.1, 0.15) is 5.60 Å². The molecule has 1 saturated carbocycles. The lowest BCUT2D eigenvalue weighted by atomic mass is 9.80. The minimum Gasteiger partial charge on any atom is -0.444 e. The van der Waals surface area contributed by atoms with Crippen molar-refractivity contribution in [3.8, 4) is 0 Å². The smallest absolute Gasteiger partial charge is 0.410 e. The molecule has 174 valence electrons. The van der Waals surface area contributed by atoms with Crippen LogP contribution in [-0.2, 0) is 16.0 Å². The van der Waals surface area contributed by atoms with E-state index in [9.17, 15) is 9.59 Å². The maximum absolute atomic E-state index is 13.4. The Labute approximate surface area is 192 Å². The molecule has 0 aromatic heterocycles. The number of rotatable bonds is 3. The normalized spacial score (nSPS) is 25.3. The van der Waals surface area contributed by atoms with Gasteiger partial charge in [-0.25, -0.2) is 4.79 Å². The second-order valence-corrected chi connectivity index (χ2v) is 11.0. The van der Waals surface area contributed by atoms with Gasteiger partial charge in [-0.05, 0) is 94.4 Å². The van der Waals surface area contributed by atoms with E-state index in [-0.39, 0.29) is 18.1 Å². The highest BCUT2D eigenvalue weighted by molar-refractivity contribution is 5.84. The molecule has 2 aliphatic carbocycles. The van der Waals surface area contributed by atoms with Gasteiger partial charge in [-0.3, -0.25) is 4.79 Å². The van der Waals surface area contributed by atoms with E-state index in [0.29, 0.717) is 18.4 Å². The Morgan fingerprint density at radius 2 is 1.81 bits per heavy atom. The molecule has 32 heavy (non-hydrogen) atoms. The lowest BCUT2D eigenvalue weighted by Crippen LogP contribution is -2.46. The van der Waals surface area contributed by atoms with Gasteiger partial charge in [0.15, 0.2) is 0 Å². The van der Waals surface area contributed by atoms with E-state index < -0.39 is 5.60 Å². The van der Waals surface area contributed by atoms with Crippen molar-refractivity contribution in [1.29, 1.82) is 0 Å². The number of carbonyl (C=O) groups is 2. The summed E-state index contributed by atoms with van der Waals surface area (Å²) < 4.78 is 5.47. The molecule has 1 heterocycles. The fourth-order valence-corrected chi connectivity index (χ4v) is 5.59. The summed E-state index contributed by atoms with van der Waals surface area (Å²) in [6.07, 6.45) is 5.51. The largest absolute Gasteiger partial charge is 0.444 e. The number of carbonyl (C=O) groups excluding carboxylic acids is 2. The Kier molecular flexibility index (Phi) is 6.37. The maximum atomic E-state index is 13.4. The summed E-state index contributed by atoms with van der Waals surface area (Å²) in [4.78, 5) is 29.5. The summed E-state index contributed by atoms with van der Waals surface area (Å²) in [5, 5.41) is 0. The van der Waals surface area contributed by atoms with Crippen LogP contribution < -0.4 is 0 Å². The third kappa shape index (κ3) is 4.87. The highest BCUT2D eigenvalue weighted by Gasteiger charge is 2.37. The van der Waals surface area contributed by atoms with Crippen molar-refractivity contribution in [3.05, 3.63) is 41.0 Å². The van der Waals surface area contributed by atoms with E-state index in [0.717, 1.165) is 45.1 Å². The molecule has 5 heteroatoms. The molecule has 1 aromatic carbocycles. The van der Waals surface area contributed by atoms with Crippen LogP contribution in [0.25, 0.3) is 5.57 Å². The number of benzene rings is 1. The fourth-order valence-electron chi connectivity index (χ4n) is 5.59. The molecule has 1 fully saturated rings. The molecule has 5 nitrogen and oxygen atoms in total. The molecule has 0 saturated heterocycles. The van der Waals surface area contributed by atoms with E-state index in [2.05, 4.69) is 36.1 Å². The van der Waals surface area contributed by atoms with E-state index >= 15 is 0 Å². The van der Waals surface area contributed by atoms with Gasteiger partial charge in [0.2, 0.25) is 5.91 Å². The highest BCUT2D eigenvalue weighted by atomic mass is 16.6. The Morgan fingerprint density at radius 3 is 2.50 bits per heavy atom. The molecule has 4 rings (SSSR count). The molecule has 0 bridgehead atoms. The molecule has 2 amide bonds. The summed E-state index contributed by atoms with van der Waals surface area (Å²) >= 11 is 0. The molecule has 0 spiro atoms. The zero-order valence-electron chi connectivity index (χ0n) is 20.3. The Morgan fingerprint density at radius 1 is 1.12 bits per heavy atom. The number of ether oxygens (including phenoxy) is 1. The van der Waals surface area contributed by atoms with Crippen LogP contribution in [0, 0.1) is 11.8 Å². The van der Waals surface area contributed by atoms with Crippen molar-refractivity contribution in [2.45, 2.75) is 77.9 Å². The number of hydrogen-bond donors (Lipinski definition) is 0. The van der Waals surface area contributed by atoms with Crippen LogP contribution in [0.3, 0.4) is 0 Å². The minimum absolute atomic E-state index is 0.117. The molecular formula is C27H38N2O3. The molecule has 0 radical (unpaired) electrons. The van der Waals surface area contributed by atoms with Crippen molar-refractivity contribution >= 4 is 17.6 Å². The van der Waals surface area contributed by atoms with Gasteiger partial charge in [0.05, 0.1) is 0 Å². The van der Waals surface area contributed by atoms with Gasteiger partial charge in [0, 0.05) is 32.1 Å². The molecule has 3 aliphatic rings. The molecule has 1 aliphatic heterocycles. The first-order valence-electron chi connectivity index (χ1n) is 12.2. The molecule has 0 unspecified atom stereocenters. The van der Waals surface area contributed by atoms with Crippen molar-refractivity contribution in [2.24, 2.45) is 11.8 Å². The predicted octanol–water partition coefficient (Wildman–Crippen LogP) is 5.29. The van der Waals surface area contributed by atoms with Gasteiger partial charge < -0.3 is 14.5 Å². The number of amides is 2. The zero-order valence-corrected chi connectivity index (χ0v) is 20.3. The van der Waals surface area contributed by atoms with Crippen LogP contribution in [0.5, 0.6) is 0 Å². The molecule has 1 aromatic rings. The average molecular weight is 439 g/mol. The summed E-state index contributed by atoms with van der Waals surface area (Å²) in [5.74, 6) is 0.888. The van der Waals surface area contributed by atoms with Gasteiger partial charge in [0.25, 0.3) is 0 Å². The Balaban J connectivity index is 1.30. The first-order chi connectivity index (χ1) is 15.1. The number of hydrogen-bond acceptors (Lipinski definition) is 3. The first kappa shape index (κ1) is 22.9. The summed E-state index contributed by atoms with van der Waals surface area (Å²) in [6.45, 7) is 9.35. The molecule has 1 atom stereocenters. The standard InChI is InChI=1S/C27H38N2O3/c1-18-14-24-22(15-21-8-6-7-9-23(21)24)17-29(18)25(30)20-12-10-19(11-13-20)16-28(5)26(31)32-27(2,3)4/h6-9,18-20H,10-17H2,1-5H3/t18-,19?,20?/m1/s1. The van der Waals surface area contributed by atoms with Crippen LogP contribution in [0.15, 0.2) is 29.8 Å². The summed E-state index contributed by atoms with van der Waals surface area (Å²) in [5.41, 5.74) is 5.25. The van der Waals surface area contributed by atoms with E-state index in [1.807, 2.05) is 27.8 Å². The van der Waals surface area contributed by atoms with E-state index in [1.165, 1.54) is 22.3 Å². The van der Waals surface area contributed by atoms with E-state index in [1.54, 1.807) is 4.90 Å².